The van der Waals surface area contributed by atoms with Gasteiger partial charge in [0.1, 0.15) is 12.7 Å². The van der Waals surface area contributed by atoms with Crippen molar-refractivity contribution in [3.63, 3.8) is 0 Å². The number of hydrogen-bond acceptors (Lipinski definition) is 10. The zero-order chi connectivity index (χ0) is 16.6. The van der Waals surface area contributed by atoms with Crippen LogP contribution in [-0.2, 0) is 28.7 Å². The first kappa shape index (κ1) is 27.0. The van der Waals surface area contributed by atoms with Crippen LogP contribution >= 0.6 is 0 Å². The summed E-state index contributed by atoms with van der Waals surface area (Å²) in [6.45, 7) is -0.382. The Morgan fingerprint density at radius 3 is 2.00 bits per heavy atom. The Morgan fingerprint density at radius 2 is 1.61 bits per heavy atom. The molecule has 0 radical (unpaired) electrons. The summed E-state index contributed by atoms with van der Waals surface area (Å²) in [6, 6.07) is 0. The predicted molar refractivity (Wildman–Crippen MR) is 76.2 cm³/mol. The van der Waals surface area contributed by atoms with Crippen molar-refractivity contribution in [1.82, 2.24) is 6.15 Å². The number of hydrogen-bond donors (Lipinski definition) is 5. The van der Waals surface area contributed by atoms with Crippen molar-refractivity contribution >= 4 is 61.6 Å². The van der Waals surface area contributed by atoms with Crippen molar-refractivity contribution in [3.05, 3.63) is 0 Å². The average molecular weight is 367 g/mol. The van der Waals surface area contributed by atoms with Gasteiger partial charge in [-0.1, -0.05) is 0 Å². The van der Waals surface area contributed by atoms with Gasteiger partial charge in [0.05, 0.1) is 19.4 Å². The molecule has 0 aliphatic rings. The van der Waals surface area contributed by atoms with Gasteiger partial charge in [0, 0.05) is 6.92 Å². The third-order valence-electron chi connectivity index (χ3n) is 2.18. The molecule has 23 heavy (non-hydrogen) atoms. The van der Waals surface area contributed by atoms with E-state index in [4.69, 9.17) is 15.3 Å². The molecular weight excluding hydrogens is 346 g/mol. The molecule has 2 atom stereocenters. The molecule has 0 bridgehead atoms. The monoisotopic (exact) mass is 367 g/mol. The number of carboxylic acid groups (broad SMARTS) is 1. The summed E-state index contributed by atoms with van der Waals surface area (Å²) >= 11 is 0. The quantitative estimate of drug-likeness (QED) is 0.164. The summed E-state index contributed by atoms with van der Waals surface area (Å²) in [5.74, 6) is -5.43. The fourth-order valence-electron chi connectivity index (χ4n) is 1.18. The summed E-state index contributed by atoms with van der Waals surface area (Å²) in [7, 11) is 0. The molecule has 132 valence electrons. The number of esters is 3. The number of rotatable bonds is 8. The van der Waals surface area contributed by atoms with E-state index in [-0.39, 0.29) is 43.9 Å². The Hall–Kier alpha value is -0.820. The molecule has 7 N–H and O–H groups in total. The molecule has 0 saturated heterocycles. The fraction of sp³-hybridized carbons (Fsp3) is 0.636. The maximum atomic E-state index is 11.3. The Balaban J connectivity index is -0.00000200. The normalized spacial score (nSPS) is 13.4. The number of carboxylic acids is 1. The van der Waals surface area contributed by atoms with E-state index in [1.807, 2.05) is 0 Å². The van der Waals surface area contributed by atoms with E-state index in [9.17, 15) is 24.3 Å². The maximum absolute atomic E-state index is 11.3. The van der Waals surface area contributed by atoms with E-state index >= 15 is 0 Å². The van der Waals surface area contributed by atoms with E-state index in [0.717, 1.165) is 6.92 Å². The molecule has 0 aromatic rings. The summed E-state index contributed by atoms with van der Waals surface area (Å²) in [6.07, 6.45) is -3.60. The molecule has 0 fully saturated rings. The van der Waals surface area contributed by atoms with Gasteiger partial charge in [-0.25, -0.2) is 4.79 Å². The van der Waals surface area contributed by atoms with E-state index in [1.165, 1.54) is 0 Å². The third-order valence-corrected chi connectivity index (χ3v) is 2.18. The number of carbonyl (C=O) groups excluding carboxylic acids is 3. The second-order valence-corrected chi connectivity index (χ2v) is 4.18. The van der Waals surface area contributed by atoms with Crippen LogP contribution < -0.4 is 6.15 Å². The van der Waals surface area contributed by atoms with Crippen LogP contribution in [0.3, 0.4) is 0 Å². The molecule has 0 rings (SSSR count). The van der Waals surface area contributed by atoms with Crippen molar-refractivity contribution in [2.45, 2.75) is 31.5 Å². The van der Waals surface area contributed by atoms with Crippen molar-refractivity contribution in [3.8, 4) is 0 Å². The molecule has 0 aliphatic heterocycles. The minimum absolute atomic E-state index is 0. The van der Waals surface area contributed by atoms with Crippen molar-refractivity contribution < 1.29 is 49.1 Å². The molecule has 12 heteroatoms. The van der Waals surface area contributed by atoms with Crippen LogP contribution in [0.1, 0.15) is 19.8 Å². The van der Waals surface area contributed by atoms with E-state index < -0.39 is 61.6 Å². The van der Waals surface area contributed by atoms with E-state index in [1.54, 1.807) is 0 Å². The van der Waals surface area contributed by atoms with Crippen molar-refractivity contribution in [2.75, 3.05) is 13.2 Å². The predicted octanol–water partition coefficient (Wildman–Crippen LogP) is -3.19. The Morgan fingerprint density at radius 1 is 1.13 bits per heavy atom. The third kappa shape index (κ3) is 11.4. The number of carbonyl (C=O) groups is 4. The van der Waals surface area contributed by atoms with Crippen LogP contribution in [-0.4, -0.2) is 107 Å². The zero-order valence-corrected chi connectivity index (χ0v) is 11.9. The first-order chi connectivity index (χ1) is 9.60. The van der Waals surface area contributed by atoms with Gasteiger partial charge >= 0.3 is 61.6 Å². The van der Waals surface area contributed by atoms with Crippen molar-refractivity contribution in [1.29, 1.82) is 0 Å². The van der Waals surface area contributed by atoms with Crippen LogP contribution in [0.25, 0.3) is 0 Å². The van der Waals surface area contributed by atoms with Gasteiger partial charge in [0.2, 0.25) is 0 Å². The van der Waals surface area contributed by atoms with Crippen molar-refractivity contribution in [2.24, 2.45) is 0 Å². The van der Waals surface area contributed by atoms with Gasteiger partial charge < -0.3 is 36.1 Å². The Bertz CT molecular complexity index is 429. The van der Waals surface area contributed by atoms with E-state index in [0.29, 0.717) is 0 Å². The second-order valence-electron chi connectivity index (χ2n) is 4.18. The van der Waals surface area contributed by atoms with Gasteiger partial charge in [-0.2, -0.15) is 0 Å². The first-order valence-electron chi connectivity index (χ1n) is 5.72. The van der Waals surface area contributed by atoms with Gasteiger partial charge in [-0.05, 0) is 0 Å². The standard InChI is InChI=1S/C11H16O10.Ca.H3N.2H/c1-6(13)21-9(16)3-11(19,10(17)18)2-8(15)20-5-7(14)4-12;;;;/h7,12,14,19H,2-5H2,1H3,(H,17,18);;1H3;;. The molecule has 0 amide bonds. The molecule has 11 nitrogen and oxygen atoms in total. The summed E-state index contributed by atoms with van der Waals surface area (Å²) in [4.78, 5) is 44.0. The SMILES string of the molecule is CC(=O)OC(=O)CC(O)(CC(=O)OCC(O)CO)C(=O)O.N.[CaH2]. The number of ether oxygens (including phenoxy) is 2. The number of aliphatic hydroxyl groups is 3. The summed E-state index contributed by atoms with van der Waals surface area (Å²) in [5, 5.41) is 36.0. The van der Waals surface area contributed by atoms with Crippen LogP contribution in [0.5, 0.6) is 0 Å². The average Bonchev–Trinajstić information content (AvgIpc) is 2.34. The fourth-order valence-corrected chi connectivity index (χ4v) is 1.18. The molecule has 0 heterocycles. The minimum atomic E-state index is -2.81. The number of aliphatic hydroxyl groups excluding tert-OH is 2. The number of aliphatic carboxylic acids is 1. The van der Waals surface area contributed by atoms with E-state index in [2.05, 4.69) is 9.47 Å². The van der Waals surface area contributed by atoms with Crippen LogP contribution in [0, 0.1) is 0 Å². The first-order valence-corrected chi connectivity index (χ1v) is 5.72. The van der Waals surface area contributed by atoms with Crippen LogP contribution in [0.15, 0.2) is 0 Å². The second kappa shape index (κ2) is 12.6. The van der Waals surface area contributed by atoms with Gasteiger partial charge in [0.15, 0.2) is 5.60 Å². The van der Waals surface area contributed by atoms with Crippen LogP contribution in [0.2, 0.25) is 0 Å². The van der Waals surface area contributed by atoms with Gasteiger partial charge in [-0.15, -0.1) is 0 Å². The summed E-state index contributed by atoms with van der Waals surface area (Å²) < 4.78 is 8.48. The topological polar surface area (TPSA) is 203 Å². The molecule has 0 spiro atoms. The Labute approximate surface area is 161 Å². The molecule has 0 aromatic heterocycles. The zero-order valence-electron chi connectivity index (χ0n) is 11.9. The molecular formula is C11H21CaNO10. The molecule has 0 saturated carbocycles. The molecule has 0 aromatic carbocycles. The van der Waals surface area contributed by atoms with Crippen LogP contribution in [0.4, 0.5) is 0 Å². The molecule has 2 unspecified atom stereocenters. The van der Waals surface area contributed by atoms with Gasteiger partial charge in [0.25, 0.3) is 0 Å². The summed E-state index contributed by atoms with van der Waals surface area (Å²) in [5.41, 5.74) is -2.81. The molecule has 0 aliphatic carbocycles. The van der Waals surface area contributed by atoms with Gasteiger partial charge in [-0.3, -0.25) is 14.4 Å². The Kier molecular flexibility index (Phi) is 14.8.